The lowest BCUT2D eigenvalue weighted by Gasteiger charge is -2.35. The molecule has 5 rings (SSSR count). The van der Waals surface area contributed by atoms with Crippen LogP contribution in [-0.2, 0) is 11.3 Å². The highest BCUT2D eigenvalue weighted by Crippen LogP contribution is 2.25. The number of imidazole rings is 1. The third-order valence-corrected chi connectivity index (χ3v) is 6.11. The molecule has 4 heterocycles. The number of benzene rings is 1. The molecule has 194 valence electrons. The summed E-state index contributed by atoms with van der Waals surface area (Å²) < 4.78 is 37.5. The van der Waals surface area contributed by atoms with Crippen LogP contribution in [0.4, 0.5) is 24.9 Å². The van der Waals surface area contributed by atoms with E-state index in [1.54, 1.807) is 12.3 Å². The second kappa shape index (κ2) is 10.4. The van der Waals surface area contributed by atoms with E-state index >= 15 is 0 Å². The second-order valence-electron chi connectivity index (χ2n) is 8.84. The van der Waals surface area contributed by atoms with Crippen LogP contribution in [-0.4, -0.2) is 73.0 Å². The van der Waals surface area contributed by atoms with Crippen LogP contribution in [0.2, 0.25) is 0 Å². The van der Waals surface area contributed by atoms with Crippen LogP contribution >= 0.6 is 0 Å². The summed E-state index contributed by atoms with van der Waals surface area (Å²) in [5.74, 6) is 0.198. The largest absolute Gasteiger partial charge is 0.397 e. The van der Waals surface area contributed by atoms with E-state index in [2.05, 4.69) is 35.1 Å². The molecule has 2 N–H and O–H groups in total. The van der Waals surface area contributed by atoms with Crippen molar-refractivity contribution in [2.75, 3.05) is 31.5 Å². The van der Waals surface area contributed by atoms with Crippen LogP contribution in [0.5, 0.6) is 0 Å². The fourth-order valence-corrected chi connectivity index (χ4v) is 4.26. The fraction of sp³-hybridized carbons (Fsp3) is 0.280. The highest BCUT2D eigenvalue weighted by atomic mass is 19.4. The quantitative estimate of drug-likeness (QED) is 0.394. The molecule has 13 heteroatoms. The van der Waals surface area contributed by atoms with E-state index in [9.17, 15) is 18.0 Å². The zero-order valence-electron chi connectivity index (χ0n) is 20.0. The number of nitrogens with zero attached hydrogens (tertiary/aromatic N) is 7. The lowest BCUT2D eigenvalue weighted by atomic mass is 10.1. The van der Waals surface area contributed by atoms with Gasteiger partial charge in [-0.15, -0.1) is 0 Å². The Hall–Kier alpha value is -4.57. The van der Waals surface area contributed by atoms with Crippen LogP contribution in [0, 0.1) is 11.3 Å². The molecule has 1 fully saturated rings. The van der Waals surface area contributed by atoms with Crippen molar-refractivity contribution in [2.24, 2.45) is 0 Å². The number of carbonyl (C=O) groups excluding carboxylic acids is 1. The molecule has 0 aliphatic carbocycles. The highest BCUT2D eigenvalue weighted by molar-refractivity contribution is 5.83. The number of H-pyrrole nitrogens is 1. The number of aromatic amines is 1. The molecule has 0 saturated carbocycles. The predicted octanol–water partition coefficient (Wildman–Crippen LogP) is 3.63. The van der Waals surface area contributed by atoms with E-state index in [0.29, 0.717) is 37.1 Å². The molecule has 1 amide bonds. The van der Waals surface area contributed by atoms with Crippen molar-refractivity contribution < 1.29 is 18.0 Å². The average molecular weight is 522 g/mol. The molecule has 38 heavy (non-hydrogen) atoms. The first-order chi connectivity index (χ1) is 18.3. The van der Waals surface area contributed by atoms with Crippen molar-refractivity contribution in [3.05, 3.63) is 60.2 Å². The van der Waals surface area contributed by atoms with Gasteiger partial charge in [-0.2, -0.15) is 18.4 Å². The van der Waals surface area contributed by atoms with Gasteiger partial charge < -0.3 is 15.2 Å². The highest BCUT2D eigenvalue weighted by Gasteiger charge is 2.34. The number of piperazine rings is 1. The third kappa shape index (κ3) is 6.04. The molecule has 1 aromatic carbocycles. The molecule has 0 spiro atoms. The fourth-order valence-electron chi connectivity index (χ4n) is 4.26. The molecule has 1 saturated heterocycles. The standard InChI is InChI=1S/C25H22F3N9O/c26-25(27,28)12-23(38)37-7-5-36(6-8-37)14-16-3-4-30-22(9-16)35-24-33-19-2-1-17(10-21(19)34-24)20-11-18(13-29)31-15-32-20/h1-4,9-11,15H,5-8,12,14H2,(H2,30,33,34,35). The van der Waals surface area contributed by atoms with Crippen LogP contribution in [0.15, 0.2) is 48.9 Å². The van der Waals surface area contributed by atoms with Crippen molar-refractivity contribution in [1.82, 2.24) is 34.7 Å². The van der Waals surface area contributed by atoms with Crippen LogP contribution in [0.1, 0.15) is 17.7 Å². The summed E-state index contributed by atoms with van der Waals surface area (Å²) in [6, 6.07) is 13.0. The summed E-state index contributed by atoms with van der Waals surface area (Å²) in [7, 11) is 0. The third-order valence-electron chi connectivity index (χ3n) is 6.11. The first-order valence-electron chi connectivity index (χ1n) is 11.8. The van der Waals surface area contributed by atoms with Crippen molar-refractivity contribution in [1.29, 1.82) is 5.26 Å². The first-order valence-corrected chi connectivity index (χ1v) is 11.8. The van der Waals surface area contributed by atoms with Gasteiger partial charge in [-0.1, -0.05) is 6.07 Å². The van der Waals surface area contributed by atoms with E-state index < -0.39 is 18.5 Å². The molecule has 4 aromatic rings. The Labute approximate surface area is 215 Å². The zero-order chi connectivity index (χ0) is 26.7. The maximum absolute atomic E-state index is 12.5. The molecular formula is C25H22F3N9O. The van der Waals surface area contributed by atoms with Crippen LogP contribution < -0.4 is 5.32 Å². The number of aromatic nitrogens is 5. The molecule has 1 aliphatic heterocycles. The number of alkyl halides is 3. The van der Waals surface area contributed by atoms with E-state index in [1.807, 2.05) is 36.4 Å². The molecule has 3 aromatic heterocycles. The maximum Gasteiger partial charge on any atom is 0.397 e. The van der Waals surface area contributed by atoms with E-state index in [0.717, 1.165) is 22.2 Å². The van der Waals surface area contributed by atoms with Gasteiger partial charge in [-0.05, 0) is 29.8 Å². The number of nitriles is 1. The van der Waals surface area contributed by atoms with Gasteiger partial charge >= 0.3 is 6.18 Å². The molecule has 10 nitrogen and oxygen atoms in total. The minimum absolute atomic E-state index is 0.263. The van der Waals surface area contributed by atoms with Crippen molar-refractivity contribution >= 4 is 28.7 Å². The minimum Gasteiger partial charge on any atom is -0.340 e. The average Bonchev–Trinajstić information content (AvgIpc) is 3.30. The number of carbonyl (C=O) groups is 1. The topological polar surface area (TPSA) is 127 Å². The smallest absolute Gasteiger partial charge is 0.340 e. The van der Waals surface area contributed by atoms with Gasteiger partial charge in [0.2, 0.25) is 11.9 Å². The van der Waals surface area contributed by atoms with E-state index in [1.165, 1.54) is 11.2 Å². The molecule has 0 radical (unpaired) electrons. The van der Waals surface area contributed by atoms with E-state index in [4.69, 9.17) is 5.26 Å². The Morgan fingerprint density at radius 1 is 1.08 bits per heavy atom. The molecule has 1 aliphatic rings. The lowest BCUT2D eigenvalue weighted by molar-refractivity contribution is -0.162. The number of pyridine rings is 1. The van der Waals surface area contributed by atoms with Crippen LogP contribution in [0.3, 0.4) is 0 Å². The molecule has 0 bridgehead atoms. The number of anilines is 2. The summed E-state index contributed by atoms with van der Waals surface area (Å²) in [5.41, 5.74) is 4.20. The second-order valence-corrected chi connectivity index (χ2v) is 8.84. The summed E-state index contributed by atoms with van der Waals surface area (Å²) in [6.45, 7) is 2.08. The Bertz CT molecular complexity index is 1500. The lowest BCUT2D eigenvalue weighted by Crippen LogP contribution is -2.49. The van der Waals surface area contributed by atoms with Gasteiger partial charge in [-0.25, -0.2) is 19.9 Å². The molecule has 0 atom stereocenters. The summed E-state index contributed by atoms with van der Waals surface area (Å²) in [6.07, 6.45) is -2.89. The summed E-state index contributed by atoms with van der Waals surface area (Å²) in [4.78, 5) is 35.4. The zero-order valence-corrected chi connectivity index (χ0v) is 20.0. The van der Waals surface area contributed by atoms with Gasteiger partial charge in [0.25, 0.3) is 0 Å². The molecule has 0 unspecified atom stereocenters. The van der Waals surface area contributed by atoms with Crippen LogP contribution in [0.25, 0.3) is 22.3 Å². The predicted molar refractivity (Wildman–Crippen MR) is 132 cm³/mol. The monoisotopic (exact) mass is 521 g/mol. The van der Waals surface area contributed by atoms with Gasteiger partial charge in [0, 0.05) is 50.6 Å². The minimum atomic E-state index is -4.49. The van der Waals surface area contributed by atoms with Gasteiger partial charge in [0.15, 0.2) is 0 Å². The summed E-state index contributed by atoms with van der Waals surface area (Å²) >= 11 is 0. The van der Waals surface area contributed by atoms with E-state index in [-0.39, 0.29) is 18.8 Å². The number of fused-ring (bicyclic) bond motifs is 1. The number of hydrogen-bond donors (Lipinski definition) is 2. The Kier molecular flexibility index (Phi) is 6.89. The van der Waals surface area contributed by atoms with Gasteiger partial charge in [0.1, 0.15) is 30.3 Å². The van der Waals surface area contributed by atoms with Gasteiger partial charge in [-0.3, -0.25) is 9.69 Å². The normalized spacial score (nSPS) is 14.4. The first kappa shape index (κ1) is 25.1. The number of nitrogens with one attached hydrogen (secondary N) is 2. The Balaban J connectivity index is 1.22. The summed E-state index contributed by atoms with van der Waals surface area (Å²) in [5, 5.41) is 12.2. The SMILES string of the molecule is N#Cc1cc(-c2ccc3nc(Nc4cc(CN5CCN(C(=O)CC(F)(F)F)CC5)ccn4)[nH]c3c2)ncn1. The van der Waals surface area contributed by atoms with Crippen molar-refractivity contribution in [2.45, 2.75) is 19.1 Å². The number of rotatable bonds is 6. The Morgan fingerprint density at radius 2 is 1.89 bits per heavy atom. The maximum atomic E-state index is 12.5. The van der Waals surface area contributed by atoms with Crippen molar-refractivity contribution in [3.63, 3.8) is 0 Å². The number of halogens is 3. The number of amides is 1. The molecular weight excluding hydrogens is 499 g/mol. The number of hydrogen-bond acceptors (Lipinski definition) is 8. The Morgan fingerprint density at radius 3 is 2.66 bits per heavy atom. The van der Waals surface area contributed by atoms with Crippen molar-refractivity contribution in [3.8, 4) is 17.3 Å². The van der Waals surface area contributed by atoms with Gasteiger partial charge in [0.05, 0.1) is 16.7 Å².